The van der Waals surface area contributed by atoms with Gasteiger partial charge >= 0.3 is 12.8 Å². The summed E-state index contributed by atoms with van der Waals surface area (Å²) in [6, 6.07) is 8.23. The van der Waals surface area contributed by atoms with Gasteiger partial charge in [-0.05, 0) is 41.8 Å². The lowest BCUT2D eigenvalue weighted by Gasteiger charge is -2.14. The Balaban J connectivity index is 1.92. The van der Waals surface area contributed by atoms with Crippen molar-refractivity contribution >= 4 is 5.91 Å². The van der Waals surface area contributed by atoms with Crippen LogP contribution in [-0.2, 0) is 11.0 Å². The highest BCUT2D eigenvalue weighted by atomic mass is 19.4. The van der Waals surface area contributed by atoms with Gasteiger partial charge < -0.3 is 14.7 Å². The Kier molecular flexibility index (Phi) is 6.27. The first-order valence-corrected chi connectivity index (χ1v) is 8.89. The number of aliphatic hydroxyl groups is 1. The molecule has 1 heterocycles. The maximum Gasteiger partial charge on any atom is 0.417 e. The molecule has 0 spiro atoms. The van der Waals surface area contributed by atoms with Crippen molar-refractivity contribution in [1.29, 1.82) is 0 Å². The van der Waals surface area contributed by atoms with E-state index < -0.39 is 30.4 Å². The van der Waals surface area contributed by atoms with Gasteiger partial charge in [0.2, 0.25) is 0 Å². The van der Waals surface area contributed by atoms with Gasteiger partial charge in [-0.3, -0.25) is 4.79 Å². The fraction of sp³-hybridized carbons (Fsp3) is 0.286. The zero-order valence-corrected chi connectivity index (χ0v) is 15.4. The lowest BCUT2D eigenvalue weighted by Crippen LogP contribution is -2.28. The van der Waals surface area contributed by atoms with E-state index in [1.54, 1.807) is 0 Å². The molecule has 0 aliphatic carbocycles. The molecule has 0 aromatic heterocycles. The molecule has 1 aliphatic rings. The molecule has 0 bridgehead atoms. The Morgan fingerprint density at radius 3 is 2.60 bits per heavy atom. The number of hydrogen-bond acceptors (Lipinski definition) is 3. The number of aliphatic hydroxyl groups excluding tert-OH is 1. The number of likely N-dealkylation sites (tertiary alicyclic amines) is 1. The summed E-state index contributed by atoms with van der Waals surface area (Å²) in [5, 5.41) is 9.45. The number of rotatable bonds is 3. The molecular formula is C21H16F5NO3. The van der Waals surface area contributed by atoms with Crippen LogP contribution >= 0.6 is 0 Å². The SMILES string of the molecule is O=C(C#Cc1ccc(-c2cccc(OC(F)F)c2)c(C(F)(F)F)c1)N1CC[C@H](O)C1. The molecule has 1 saturated heterocycles. The third kappa shape index (κ3) is 5.27. The number of nitrogens with zero attached hydrogens (tertiary/aromatic N) is 1. The largest absolute Gasteiger partial charge is 0.435 e. The van der Waals surface area contributed by atoms with Gasteiger partial charge in [0.25, 0.3) is 5.91 Å². The van der Waals surface area contributed by atoms with Crippen molar-refractivity contribution < 1.29 is 36.6 Å². The molecule has 1 amide bonds. The van der Waals surface area contributed by atoms with Crippen LogP contribution in [0.1, 0.15) is 17.5 Å². The monoisotopic (exact) mass is 425 g/mol. The number of hydrogen-bond donors (Lipinski definition) is 1. The predicted octanol–water partition coefficient (Wildman–Crippen LogP) is 3.92. The van der Waals surface area contributed by atoms with E-state index in [1.807, 2.05) is 0 Å². The maximum atomic E-state index is 13.6. The molecule has 0 unspecified atom stereocenters. The van der Waals surface area contributed by atoms with Gasteiger partial charge in [-0.25, -0.2) is 0 Å². The van der Waals surface area contributed by atoms with Crippen molar-refractivity contribution in [2.24, 2.45) is 0 Å². The van der Waals surface area contributed by atoms with E-state index in [1.165, 1.54) is 35.2 Å². The Morgan fingerprint density at radius 1 is 1.20 bits per heavy atom. The number of carbonyl (C=O) groups excluding carboxylic acids is 1. The molecule has 9 heteroatoms. The molecular weight excluding hydrogens is 409 g/mol. The standard InChI is InChI=1S/C21H16F5NO3/c22-20(23)30-16-3-1-2-14(11-16)17-6-4-13(10-18(17)21(24,25)26)5-7-19(29)27-9-8-15(28)12-27/h1-4,6,10-11,15,20,28H,8-9,12H2/t15-/m0/s1. The quantitative estimate of drug-likeness (QED) is 0.599. The van der Waals surface area contributed by atoms with Crippen LogP contribution in [0.25, 0.3) is 11.1 Å². The van der Waals surface area contributed by atoms with Gasteiger partial charge in [0.15, 0.2) is 0 Å². The third-order valence-corrected chi connectivity index (χ3v) is 4.46. The van der Waals surface area contributed by atoms with Gasteiger partial charge in [0.1, 0.15) is 5.75 Å². The van der Waals surface area contributed by atoms with Gasteiger partial charge in [-0.2, -0.15) is 22.0 Å². The first kappa shape index (κ1) is 21.6. The lowest BCUT2D eigenvalue weighted by atomic mass is 9.97. The topological polar surface area (TPSA) is 49.8 Å². The normalized spacial score (nSPS) is 16.4. The van der Waals surface area contributed by atoms with Gasteiger partial charge in [0, 0.05) is 24.6 Å². The molecule has 1 fully saturated rings. The van der Waals surface area contributed by atoms with Gasteiger partial charge in [-0.1, -0.05) is 24.1 Å². The molecule has 2 aromatic rings. The van der Waals surface area contributed by atoms with Crippen molar-refractivity contribution in [2.45, 2.75) is 25.3 Å². The summed E-state index contributed by atoms with van der Waals surface area (Å²) < 4.78 is 69.9. The van der Waals surface area contributed by atoms with Gasteiger partial charge in [0.05, 0.1) is 11.7 Å². The minimum absolute atomic E-state index is 0.0286. The van der Waals surface area contributed by atoms with Crippen LogP contribution in [0.3, 0.4) is 0 Å². The third-order valence-electron chi connectivity index (χ3n) is 4.46. The molecule has 0 radical (unpaired) electrons. The van der Waals surface area contributed by atoms with E-state index in [0.29, 0.717) is 13.0 Å². The van der Waals surface area contributed by atoms with Crippen molar-refractivity contribution in [3.63, 3.8) is 0 Å². The Morgan fingerprint density at radius 2 is 1.97 bits per heavy atom. The van der Waals surface area contributed by atoms with Crippen LogP contribution in [0.5, 0.6) is 5.75 Å². The van der Waals surface area contributed by atoms with E-state index in [-0.39, 0.29) is 29.0 Å². The van der Waals surface area contributed by atoms with Crippen LogP contribution in [0.4, 0.5) is 22.0 Å². The van der Waals surface area contributed by atoms with Crippen LogP contribution in [0, 0.1) is 11.8 Å². The van der Waals surface area contributed by atoms with E-state index in [0.717, 1.165) is 12.1 Å². The van der Waals surface area contributed by atoms with Crippen LogP contribution in [0.15, 0.2) is 42.5 Å². The van der Waals surface area contributed by atoms with E-state index in [9.17, 15) is 31.9 Å². The first-order chi connectivity index (χ1) is 14.1. The van der Waals surface area contributed by atoms with Crippen molar-refractivity contribution in [3.8, 4) is 28.7 Å². The second-order valence-corrected chi connectivity index (χ2v) is 6.61. The van der Waals surface area contributed by atoms with E-state index >= 15 is 0 Å². The molecule has 3 rings (SSSR count). The Bertz CT molecular complexity index is 994. The number of benzene rings is 2. The average molecular weight is 425 g/mol. The number of amides is 1. The summed E-state index contributed by atoms with van der Waals surface area (Å²) in [6.45, 7) is -2.63. The average Bonchev–Trinajstić information content (AvgIpc) is 3.11. The van der Waals surface area contributed by atoms with Crippen LogP contribution in [-0.4, -0.2) is 41.7 Å². The highest BCUT2D eigenvalue weighted by Crippen LogP contribution is 2.38. The summed E-state index contributed by atoms with van der Waals surface area (Å²) in [5.41, 5.74) is -1.24. The molecule has 4 nitrogen and oxygen atoms in total. The predicted molar refractivity (Wildman–Crippen MR) is 97.6 cm³/mol. The fourth-order valence-electron chi connectivity index (χ4n) is 3.08. The number of alkyl halides is 5. The van der Waals surface area contributed by atoms with Crippen molar-refractivity contribution in [1.82, 2.24) is 4.90 Å². The highest BCUT2D eigenvalue weighted by molar-refractivity contribution is 5.94. The summed E-state index contributed by atoms with van der Waals surface area (Å²) in [7, 11) is 0. The summed E-state index contributed by atoms with van der Waals surface area (Å²) >= 11 is 0. The summed E-state index contributed by atoms with van der Waals surface area (Å²) in [6.07, 6.45) is -4.94. The maximum absolute atomic E-state index is 13.6. The minimum Gasteiger partial charge on any atom is -0.435 e. The van der Waals surface area contributed by atoms with Crippen LogP contribution < -0.4 is 4.74 Å². The fourth-order valence-corrected chi connectivity index (χ4v) is 3.08. The number of halogens is 5. The molecule has 158 valence electrons. The van der Waals surface area contributed by atoms with Crippen molar-refractivity contribution in [2.75, 3.05) is 13.1 Å². The second-order valence-electron chi connectivity index (χ2n) is 6.61. The summed E-state index contributed by atoms with van der Waals surface area (Å²) in [5.74, 6) is 3.86. The Labute approximate surface area is 168 Å². The Hall–Kier alpha value is -3.12. The van der Waals surface area contributed by atoms with Crippen molar-refractivity contribution in [3.05, 3.63) is 53.6 Å². The number of carbonyl (C=O) groups is 1. The zero-order valence-electron chi connectivity index (χ0n) is 15.4. The van der Waals surface area contributed by atoms with Crippen LogP contribution in [0.2, 0.25) is 0 Å². The highest BCUT2D eigenvalue weighted by Gasteiger charge is 2.34. The minimum atomic E-state index is -4.74. The molecule has 1 atom stereocenters. The van der Waals surface area contributed by atoms with Gasteiger partial charge in [-0.15, -0.1) is 0 Å². The molecule has 0 saturated carbocycles. The first-order valence-electron chi connectivity index (χ1n) is 8.89. The number of ether oxygens (including phenoxy) is 1. The smallest absolute Gasteiger partial charge is 0.417 e. The lowest BCUT2D eigenvalue weighted by molar-refractivity contribution is -0.137. The summed E-state index contributed by atoms with van der Waals surface area (Å²) in [4.78, 5) is 13.3. The molecule has 1 N–H and O–H groups in total. The van der Waals surface area contributed by atoms with E-state index in [2.05, 4.69) is 16.6 Å². The molecule has 2 aromatic carbocycles. The zero-order chi connectivity index (χ0) is 21.9. The second kappa shape index (κ2) is 8.71. The van der Waals surface area contributed by atoms with E-state index in [4.69, 9.17) is 0 Å². The molecule has 1 aliphatic heterocycles. The molecule has 30 heavy (non-hydrogen) atoms. The number of β-amino-alcohol motifs (C(OH)–C–C–N with tert-alkyl or cyclic N) is 1.